The molecular weight excluding hydrogens is 310 g/mol. The quantitative estimate of drug-likeness (QED) is 0.628. The monoisotopic (exact) mass is 319 g/mol. The summed E-state index contributed by atoms with van der Waals surface area (Å²) in [6, 6.07) is 7.12. The molecule has 0 atom stereocenters. The molecule has 0 unspecified atom stereocenters. The van der Waals surface area contributed by atoms with Crippen LogP contribution in [0.4, 0.5) is 23.2 Å². The lowest BCUT2D eigenvalue weighted by atomic mass is 10.1. The maximum atomic E-state index is 13.1. The average molecular weight is 320 g/mol. The van der Waals surface area contributed by atoms with Crippen molar-refractivity contribution in [3.8, 4) is 5.75 Å². The van der Waals surface area contributed by atoms with Crippen molar-refractivity contribution in [2.24, 2.45) is 0 Å². The van der Waals surface area contributed by atoms with E-state index >= 15 is 0 Å². The van der Waals surface area contributed by atoms with Crippen molar-refractivity contribution >= 4 is 17.3 Å². The molecule has 0 aromatic heterocycles. The highest BCUT2D eigenvalue weighted by atomic mass is 35.5. The number of benzene rings is 2. The molecule has 0 aliphatic heterocycles. The molecule has 21 heavy (non-hydrogen) atoms. The number of rotatable bonds is 3. The summed E-state index contributed by atoms with van der Waals surface area (Å²) in [6.07, 6.45) is -4.73. The Balaban J connectivity index is 2.15. The molecule has 112 valence electrons. The third kappa shape index (κ3) is 3.78. The minimum atomic E-state index is -4.73. The van der Waals surface area contributed by atoms with Gasteiger partial charge in [0.1, 0.15) is 11.6 Å². The number of alkyl halides is 3. The molecule has 0 aliphatic rings. The number of phenols is 1. The van der Waals surface area contributed by atoms with Gasteiger partial charge < -0.3 is 10.4 Å². The summed E-state index contributed by atoms with van der Waals surface area (Å²) in [5, 5.41) is 12.2. The molecule has 0 aliphatic carbocycles. The van der Waals surface area contributed by atoms with E-state index in [0.717, 1.165) is 12.1 Å². The lowest BCUT2D eigenvalue weighted by Gasteiger charge is -2.11. The van der Waals surface area contributed by atoms with Crippen molar-refractivity contribution in [1.29, 1.82) is 0 Å². The van der Waals surface area contributed by atoms with Crippen LogP contribution in [0.15, 0.2) is 36.4 Å². The summed E-state index contributed by atoms with van der Waals surface area (Å²) in [5.74, 6) is -1.40. The molecule has 0 spiro atoms. The molecule has 2 nitrogen and oxygen atoms in total. The summed E-state index contributed by atoms with van der Waals surface area (Å²) >= 11 is 5.71. The summed E-state index contributed by atoms with van der Waals surface area (Å²) in [4.78, 5) is 0. The highest BCUT2D eigenvalue weighted by Crippen LogP contribution is 2.32. The highest BCUT2D eigenvalue weighted by Gasteiger charge is 2.34. The van der Waals surface area contributed by atoms with Crippen LogP contribution in [0.5, 0.6) is 5.75 Å². The van der Waals surface area contributed by atoms with Crippen molar-refractivity contribution in [1.82, 2.24) is 0 Å². The van der Waals surface area contributed by atoms with Crippen molar-refractivity contribution in [2.75, 3.05) is 5.32 Å². The van der Waals surface area contributed by atoms with Crippen LogP contribution in [0.25, 0.3) is 0 Å². The second-order valence-corrected chi connectivity index (χ2v) is 4.74. The minimum Gasteiger partial charge on any atom is -0.506 e. The van der Waals surface area contributed by atoms with E-state index in [9.17, 15) is 22.7 Å². The zero-order valence-electron chi connectivity index (χ0n) is 10.5. The molecule has 2 aromatic rings. The van der Waals surface area contributed by atoms with Crippen LogP contribution in [0, 0.1) is 5.82 Å². The van der Waals surface area contributed by atoms with Crippen LogP contribution in [-0.4, -0.2) is 5.11 Å². The van der Waals surface area contributed by atoms with E-state index < -0.39 is 17.6 Å². The van der Waals surface area contributed by atoms with E-state index in [-0.39, 0.29) is 22.9 Å². The Morgan fingerprint density at radius 3 is 2.43 bits per heavy atom. The predicted octanol–water partition coefficient (Wildman–Crippen LogP) is 4.82. The Morgan fingerprint density at radius 1 is 1.10 bits per heavy atom. The number of hydrogen-bond acceptors (Lipinski definition) is 2. The van der Waals surface area contributed by atoms with Gasteiger partial charge in [0, 0.05) is 12.2 Å². The molecule has 0 saturated carbocycles. The standard InChI is InChI=1S/C14H10ClF4NO/c15-11-6-9(2-4-13(11)21)20-7-8-1-3-12(16)10(5-8)14(17,18)19/h1-6,20-21H,7H2. The number of anilines is 1. The van der Waals surface area contributed by atoms with Crippen LogP contribution in [-0.2, 0) is 12.7 Å². The topological polar surface area (TPSA) is 32.3 Å². The normalized spacial score (nSPS) is 11.5. The average Bonchev–Trinajstić information content (AvgIpc) is 2.40. The third-order valence-electron chi connectivity index (χ3n) is 2.78. The van der Waals surface area contributed by atoms with E-state index in [2.05, 4.69) is 5.32 Å². The number of phenolic OH excluding ortho intramolecular Hbond substituents is 1. The van der Waals surface area contributed by atoms with Gasteiger partial charge in [-0.2, -0.15) is 13.2 Å². The molecule has 2 rings (SSSR count). The first kappa shape index (κ1) is 15.4. The largest absolute Gasteiger partial charge is 0.506 e. The van der Waals surface area contributed by atoms with E-state index in [1.807, 2.05) is 0 Å². The van der Waals surface area contributed by atoms with E-state index in [0.29, 0.717) is 5.69 Å². The Hall–Kier alpha value is -1.95. The fourth-order valence-electron chi connectivity index (χ4n) is 1.72. The van der Waals surface area contributed by atoms with Crippen molar-refractivity contribution in [2.45, 2.75) is 12.7 Å². The first-order chi connectivity index (χ1) is 9.77. The maximum Gasteiger partial charge on any atom is 0.419 e. The van der Waals surface area contributed by atoms with Crippen LogP contribution in [0.1, 0.15) is 11.1 Å². The molecule has 0 saturated heterocycles. The lowest BCUT2D eigenvalue weighted by molar-refractivity contribution is -0.140. The fourth-order valence-corrected chi connectivity index (χ4v) is 1.90. The first-order valence-electron chi connectivity index (χ1n) is 5.85. The molecule has 0 radical (unpaired) electrons. The van der Waals surface area contributed by atoms with Crippen LogP contribution < -0.4 is 5.32 Å². The fraction of sp³-hybridized carbons (Fsp3) is 0.143. The van der Waals surface area contributed by atoms with Gasteiger partial charge in [-0.05, 0) is 35.9 Å². The van der Waals surface area contributed by atoms with E-state index in [1.54, 1.807) is 0 Å². The summed E-state index contributed by atoms with van der Waals surface area (Å²) in [5.41, 5.74) is -0.505. The van der Waals surface area contributed by atoms with Crippen molar-refractivity contribution in [3.05, 3.63) is 58.4 Å². The molecule has 0 amide bonds. The molecule has 2 N–H and O–H groups in total. The van der Waals surface area contributed by atoms with Crippen LogP contribution in [0.3, 0.4) is 0 Å². The Bertz CT molecular complexity index is 658. The van der Waals surface area contributed by atoms with Gasteiger partial charge in [0.2, 0.25) is 0 Å². The molecule has 2 aromatic carbocycles. The van der Waals surface area contributed by atoms with Gasteiger partial charge in [0.05, 0.1) is 10.6 Å². The number of halogens is 5. The molecule has 0 heterocycles. The molecule has 0 bridgehead atoms. The van der Waals surface area contributed by atoms with Gasteiger partial charge in [0.25, 0.3) is 0 Å². The van der Waals surface area contributed by atoms with Gasteiger partial charge in [-0.1, -0.05) is 17.7 Å². The predicted molar refractivity (Wildman–Crippen MR) is 71.8 cm³/mol. The van der Waals surface area contributed by atoms with Gasteiger partial charge in [-0.15, -0.1) is 0 Å². The van der Waals surface area contributed by atoms with E-state index in [4.69, 9.17) is 11.6 Å². The van der Waals surface area contributed by atoms with Crippen LogP contribution in [0.2, 0.25) is 5.02 Å². The smallest absolute Gasteiger partial charge is 0.419 e. The van der Waals surface area contributed by atoms with Gasteiger partial charge in [-0.3, -0.25) is 0 Å². The van der Waals surface area contributed by atoms with Gasteiger partial charge in [0.15, 0.2) is 0 Å². The van der Waals surface area contributed by atoms with Gasteiger partial charge in [-0.25, -0.2) is 4.39 Å². The molecular formula is C14H10ClF4NO. The third-order valence-corrected chi connectivity index (χ3v) is 3.08. The van der Waals surface area contributed by atoms with Gasteiger partial charge >= 0.3 is 6.18 Å². The molecule has 0 fully saturated rings. The SMILES string of the molecule is Oc1ccc(NCc2ccc(F)c(C(F)(F)F)c2)cc1Cl. The number of hydrogen-bond donors (Lipinski definition) is 2. The van der Waals surface area contributed by atoms with E-state index in [1.165, 1.54) is 24.3 Å². The summed E-state index contributed by atoms with van der Waals surface area (Å²) in [7, 11) is 0. The Kier molecular flexibility index (Phi) is 4.27. The maximum absolute atomic E-state index is 13.1. The van der Waals surface area contributed by atoms with Crippen LogP contribution >= 0.6 is 11.6 Å². The Labute approximate surface area is 123 Å². The number of nitrogens with one attached hydrogen (secondary N) is 1. The minimum absolute atomic E-state index is 0.0600. The molecule has 7 heteroatoms. The zero-order chi connectivity index (χ0) is 15.6. The van der Waals surface area contributed by atoms with Crippen molar-refractivity contribution in [3.63, 3.8) is 0 Å². The lowest BCUT2D eigenvalue weighted by Crippen LogP contribution is -2.10. The number of aromatic hydroxyl groups is 1. The first-order valence-corrected chi connectivity index (χ1v) is 6.23. The highest BCUT2D eigenvalue weighted by molar-refractivity contribution is 6.32. The summed E-state index contributed by atoms with van der Waals surface area (Å²) < 4.78 is 50.9. The summed E-state index contributed by atoms with van der Waals surface area (Å²) in [6.45, 7) is 0.0600. The Morgan fingerprint density at radius 2 is 1.81 bits per heavy atom. The second kappa shape index (κ2) is 5.81. The van der Waals surface area contributed by atoms with Crippen molar-refractivity contribution < 1.29 is 22.7 Å². The zero-order valence-corrected chi connectivity index (χ0v) is 11.3. The second-order valence-electron chi connectivity index (χ2n) is 4.33.